The van der Waals surface area contributed by atoms with Crippen molar-refractivity contribution in [3.05, 3.63) is 65.9 Å². The number of nitrogens with two attached hydrogens (primary N) is 1. The van der Waals surface area contributed by atoms with Crippen molar-refractivity contribution in [2.45, 2.75) is 44.6 Å². The first-order valence-corrected chi connectivity index (χ1v) is 12.6. The fourth-order valence-corrected chi connectivity index (χ4v) is 5.24. The highest BCUT2D eigenvalue weighted by Crippen LogP contribution is 2.39. The smallest absolute Gasteiger partial charge is 0.268 e. The summed E-state index contributed by atoms with van der Waals surface area (Å²) in [5.74, 6) is -0.117. The maximum atomic E-state index is 13.3. The first kappa shape index (κ1) is 23.7. The van der Waals surface area contributed by atoms with Crippen LogP contribution in [0.3, 0.4) is 0 Å². The number of carbonyl (C=O) groups excluding carboxylic acids is 1. The van der Waals surface area contributed by atoms with Gasteiger partial charge < -0.3 is 10.6 Å². The van der Waals surface area contributed by atoms with Crippen molar-refractivity contribution >= 4 is 27.6 Å². The Morgan fingerprint density at radius 1 is 1.15 bits per heavy atom. The molecule has 0 aliphatic carbocycles. The van der Waals surface area contributed by atoms with Gasteiger partial charge in [0.1, 0.15) is 16.5 Å². The number of amides is 1. The molecule has 1 aliphatic rings. The molecule has 2 aromatic heterocycles. The van der Waals surface area contributed by atoms with Crippen LogP contribution in [0.15, 0.2) is 59.6 Å². The molecule has 3 aromatic rings. The highest BCUT2D eigenvalue weighted by atomic mass is 32.2. The Morgan fingerprint density at radius 2 is 1.85 bits per heavy atom. The molecular formula is C25H29N5O3S. The Hall–Kier alpha value is -3.46. The Morgan fingerprint density at radius 3 is 2.47 bits per heavy atom. The van der Waals surface area contributed by atoms with Crippen LogP contribution in [0.4, 0.5) is 11.6 Å². The summed E-state index contributed by atoms with van der Waals surface area (Å²) in [5.41, 5.74) is 8.41. The quantitative estimate of drug-likeness (QED) is 0.572. The van der Waals surface area contributed by atoms with Crippen LogP contribution in [0.2, 0.25) is 0 Å². The summed E-state index contributed by atoms with van der Waals surface area (Å²) in [7, 11) is -4.22. The van der Waals surface area contributed by atoms with E-state index in [1.165, 1.54) is 18.3 Å². The molecule has 3 N–H and O–H groups in total. The van der Waals surface area contributed by atoms with Crippen molar-refractivity contribution in [3.8, 4) is 11.3 Å². The molecule has 0 radical (unpaired) electrons. The minimum atomic E-state index is -4.22. The van der Waals surface area contributed by atoms with E-state index in [9.17, 15) is 13.2 Å². The number of nitrogen functional groups attached to an aromatic ring is 1. The van der Waals surface area contributed by atoms with Crippen LogP contribution >= 0.6 is 0 Å². The zero-order valence-corrected chi connectivity index (χ0v) is 20.6. The van der Waals surface area contributed by atoms with Crippen LogP contribution in [-0.4, -0.2) is 36.4 Å². The van der Waals surface area contributed by atoms with Crippen LogP contribution in [-0.2, 0) is 10.0 Å². The van der Waals surface area contributed by atoms with Crippen molar-refractivity contribution in [3.63, 3.8) is 0 Å². The molecule has 3 heterocycles. The van der Waals surface area contributed by atoms with Crippen LogP contribution in [0.1, 0.15) is 43.1 Å². The summed E-state index contributed by atoms with van der Waals surface area (Å²) in [6.07, 6.45) is 2.33. The first-order valence-electron chi connectivity index (χ1n) is 11.1. The third kappa shape index (κ3) is 4.35. The van der Waals surface area contributed by atoms with Gasteiger partial charge >= 0.3 is 0 Å². The van der Waals surface area contributed by atoms with E-state index < -0.39 is 15.9 Å². The standard InChI is InChI=1S/C25H29N5O3S/c1-16-7-9-18(10-8-16)20-12-11-19(23(28-20)30-15-13-17(2)25(30,3)4)24(31)29-34(32,33)21-6-5-14-27-22(21)26/h5-12,14,17H,13,15H2,1-4H3,(H2,26,27)(H,29,31). The second-order valence-electron chi connectivity index (χ2n) is 9.25. The lowest BCUT2D eigenvalue weighted by Crippen LogP contribution is -2.43. The van der Waals surface area contributed by atoms with Crippen LogP contribution < -0.4 is 15.4 Å². The zero-order valence-electron chi connectivity index (χ0n) is 19.7. The molecule has 1 saturated heterocycles. The lowest BCUT2D eigenvalue weighted by atomic mass is 9.90. The first-order chi connectivity index (χ1) is 16.0. The molecule has 9 heteroatoms. The number of carbonyl (C=O) groups is 1. The molecule has 1 unspecified atom stereocenters. The summed E-state index contributed by atoms with van der Waals surface area (Å²) in [6.45, 7) is 9.11. The SMILES string of the molecule is Cc1ccc(-c2ccc(C(=O)NS(=O)(=O)c3cccnc3N)c(N3CCC(C)C3(C)C)n2)cc1. The monoisotopic (exact) mass is 479 g/mol. The topological polar surface area (TPSA) is 118 Å². The van der Waals surface area contributed by atoms with Gasteiger partial charge in [0.05, 0.1) is 11.3 Å². The maximum Gasteiger partial charge on any atom is 0.268 e. The van der Waals surface area contributed by atoms with Crippen LogP contribution in [0, 0.1) is 12.8 Å². The minimum absolute atomic E-state index is 0.176. The molecule has 8 nitrogen and oxygen atoms in total. The molecule has 1 aliphatic heterocycles. The number of sulfonamides is 1. The molecule has 1 fully saturated rings. The molecular weight excluding hydrogens is 450 g/mol. The molecule has 4 rings (SSSR count). The van der Waals surface area contributed by atoms with E-state index in [1.807, 2.05) is 31.2 Å². The average molecular weight is 480 g/mol. The largest absolute Gasteiger partial charge is 0.383 e. The Bertz CT molecular complexity index is 1340. The van der Waals surface area contributed by atoms with Crippen LogP contribution in [0.5, 0.6) is 0 Å². The van der Waals surface area contributed by atoms with Gasteiger partial charge in [-0.3, -0.25) is 4.79 Å². The van der Waals surface area contributed by atoms with Crippen molar-refractivity contribution in [2.75, 3.05) is 17.2 Å². The fourth-order valence-electron chi connectivity index (χ4n) is 4.19. The lowest BCUT2D eigenvalue weighted by molar-refractivity contribution is 0.0981. The zero-order chi connectivity index (χ0) is 24.7. The highest BCUT2D eigenvalue weighted by molar-refractivity contribution is 7.90. The Labute approximate surface area is 200 Å². The van der Waals surface area contributed by atoms with E-state index in [2.05, 4.69) is 35.4 Å². The van der Waals surface area contributed by atoms with Crippen molar-refractivity contribution < 1.29 is 13.2 Å². The van der Waals surface area contributed by atoms with Crippen LogP contribution in [0.25, 0.3) is 11.3 Å². The summed E-state index contributed by atoms with van der Waals surface area (Å²) in [6, 6.07) is 14.1. The number of anilines is 2. The Balaban J connectivity index is 1.78. The lowest BCUT2D eigenvalue weighted by Gasteiger charge is -2.36. The summed E-state index contributed by atoms with van der Waals surface area (Å²) >= 11 is 0. The van der Waals surface area contributed by atoms with Crippen molar-refractivity contribution in [1.82, 2.24) is 14.7 Å². The maximum absolute atomic E-state index is 13.3. The Kier molecular flexibility index (Phi) is 6.07. The van der Waals surface area contributed by atoms with E-state index in [0.717, 1.165) is 17.5 Å². The number of benzene rings is 1. The van der Waals surface area contributed by atoms with E-state index in [0.29, 0.717) is 24.0 Å². The fraction of sp³-hybridized carbons (Fsp3) is 0.320. The van der Waals surface area contributed by atoms with Gasteiger partial charge in [-0.05, 0) is 57.4 Å². The van der Waals surface area contributed by atoms with Gasteiger partial charge in [-0.2, -0.15) is 0 Å². The molecule has 1 aromatic carbocycles. The highest BCUT2D eigenvalue weighted by Gasteiger charge is 2.41. The molecule has 178 valence electrons. The van der Waals surface area contributed by atoms with Gasteiger partial charge in [0.2, 0.25) is 0 Å². The van der Waals surface area contributed by atoms with Crippen molar-refractivity contribution in [2.24, 2.45) is 5.92 Å². The molecule has 0 bridgehead atoms. The average Bonchev–Trinajstić information content (AvgIpc) is 3.05. The summed E-state index contributed by atoms with van der Waals surface area (Å²) < 4.78 is 27.9. The van der Waals surface area contributed by atoms with E-state index in [4.69, 9.17) is 10.7 Å². The second kappa shape index (κ2) is 8.72. The number of pyridine rings is 2. The number of hydrogen-bond acceptors (Lipinski definition) is 7. The number of nitrogens with zero attached hydrogens (tertiary/aromatic N) is 3. The van der Waals surface area contributed by atoms with Gasteiger partial charge in [-0.25, -0.2) is 23.1 Å². The predicted molar refractivity (Wildman–Crippen MR) is 133 cm³/mol. The molecule has 34 heavy (non-hydrogen) atoms. The third-order valence-electron chi connectivity index (χ3n) is 6.73. The number of hydrogen-bond donors (Lipinski definition) is 2. The number of nitrogens with one attached hydrogen (secondary N) is 1. The number of aromatic nitrogens is 2. The van der Waals surface area contributed by atoms with Gasteiger partial charge in [-0.15, -0.1) is 0 Å². The van der Waals surface area contributed by atoms with E-state index >= 15 is 0 Å². The molecule has 0 spiro atoms. The molecule has 0 saturated carbocycles. The van der Waals surface area contributed by atoms with E-state index in [1.54, 1.807) is 12.1 Å². The van der Waals surface area contributed by atoms with Gasteiger partial charge in [-0.1, -0.05) is 36.8 Å². The van der Waals surface area contributed by atoms with Gasteiger partial charge in [0.25, 0.3) is 15.9 Å². The molecule has 1 atom stereocenters. The third-order valence-corrected chi connectivity index (χ3v) is 8.10. The van der Waals surface area contributed by atoms with Crippen molar-refractivity contribution in [1.29, 1.82) is 0 Å². The summed E-state index contributed by atoms with van der Waals surface area (Å²) in [4.78, 5) is 23.8. The van der Waals surface area contributed by atoms with E-state index in [-0.39, 0.29) is 21.8 Å². The normalized spacial score (nSPS) is 17.5. The number of aryl methyl sites for hydroxylation is 1. The second-order valence-corrected chi connectivity index (χ2v) is 10.9. The van der Waals surface area contributed by atoms with Gasteiger partial charge in [0.15, 0.2) is 0 Å². The predicted octanol–water partition coefficient (Wildman–Crippen LogP) is 3.78. The molecule has 1 amide bonds. The minimum Gasteiger partial charge on any atom is -0.383 e. The summed E-state index contributed by atoms with van der Waals surface area (Å²) in [5, 5.41) is 0. The van der Waals surface area contributed by atoms with Gasteiger partial charge in [0, 0.05) is 23.8 Å². The number of rotatable bonds is 5.